The van der Waals surface area contributed by atoms with Crippen molar-refractivity contribution >= 4 is 23.8 Å². The molecule has 0 bridgehead atoms. The number of carbonyl (C=O) groups excluding carboxylic acids is 2. The molecule has 3 atom stereocenters. The van der Waals surface area contributed by atoms with Gasteiger partial charge in [0.15, 0.2) is 12.3 Å². The highest BCUT2D eigenvalue weighted by molar-refractivity contribution is 6.10. The van der Waals surface area contributed by atoms with Crippen LogP contribution in [0.3, 0.4) is 0 Å². The second-order valence-corrected chi connectivity index (χ2v) is 5.21. The summed E-state index contributed by atoms with van der Waals surface area (Å²) < 4.78 is 0. The highest BCUT2D eigenvalue weighted by Crippen LogP contribution is 2.15. The van der Waals surface area contributed by atoms with Crippen molar-refractivity contribution < 1.29 is 9.59 Å². The Morgan fingerprint density at radius 2 is 2.14 bits per heavy atom. The first-order chi connectivity index (χ1) is 10.7. The van der Waals surface area contributed by atoms with Gasteiger partial charge in [-0.2, -0.15) is 0 Å². The van der Waals surface area contributed by atoms with Crippen molar-refractivity contribution in [3.8, 4) is 0 Å². The van der Waals surface area contributed by atoms with E-state index in [0.717, 1.165) is 5.69 Å². The van der Waals surface area contributed by atoms with E-state index >= 15 is 0 Å². The molecule has 0 spiro atoms. The lowest BCUT2D eigenvalue weighted by atomic mass is 10.1. The highest BCUT2D eigenvalue weighted by Gasteiger charge is 2.41. The van der Waals surface area contributed by atoms with Crippen molar-refractivity contribution in [1.82, 2.24) is 15.5 Å². The normalized spacial score (nSPS) is 27.1. The van der Waals surface area contributed by atoms with Crippen molar-refractivity contribution in [2.45, 2.75) is 18.4 Å². The Morgan fingerprint density at radius 1 is 1.36 bits per heavy atom. The van der Waals surface area contributed by atoms with Crippen molar-refractivity contribution in [3.63, 3.8) is 0 Å². The smallest absolute Gasteiger partial charge is 0.253 e. The Hall–Kier alpha value is -2.61. The van der Waals surface area contributed by atoms with Gasteiger partial charge in [-0.25, -0.2) is 0 Å². The number of aliphatic imine (C=N–C) groups is 1. The lowest BCUT2D eigenvalue weighted by molar-refractivity contribution is -0.133. The molecule has 2 heterocycles. The van der Waals surface area contributed by atoms with Crippen LogP contribution in [0.2, 0.25) is 0 Å². The lowest BCUT2D eigenvalue weighted by Crippen LogP contribution is -2.72. The monoisotopic (exact) mass is 302 g/mol. The number of rotatable bonds is 4. The van der Waals surface area contributed by atoms with E-state index in [-0.39, 0.29) is 11.9 Å². The zero-order valence-electron chi connectivity index (χ0n) is 11.9. The molecule has 8 heteroatoms. The predicted octanol–water partition coefficient (Wildman–Crippen LogP) is -1.33. The van der Waals surface area contributed by atoms with E-state index in [1.54, 1.807) is 0 Å². The molecule has 0 radical (unpaired) electrons. The summed E-state index contributed by atoms with van der Waals surface area (Å²) in [6.07, 6.45) is 0.0180. The van der Waals surface area contributed by atoms with Gasteiger partial charge >= 0.3 is 0 Å². The van der Waals surface area contributed by atoms with Crippen LogP contribution in [0.4, 0.5) is 5.69 Å². The first-order valence-electron chi connectivity index (χ1n) is 7.07. The minimum absolute atomic E-state index is 0.201. The van der Waals surface area contributed by atoms with Crippen molar-refractivity contribution in [2.24, 2.45) is 10.7 Å². The fourth-order valence-corrected chi connectivity index (χ4v) is 2.66. The third-order valence-electron chi connectivity index (χ3n) is 3.74. The van der Waals surface area contributed by atoms with E-state index in [2.05, 4.69) is 20.9 Å². The van der Waals surface area contributed by atoms with Crippen LogP contribution in [0.15, 0.2) is 35.3 Å². The van der Waals surface area contributed by atoms with Gasteiger partial charge in [-0.1, -0.05) is 18.2 Å². The Morgan fingerprint density at radius 3 is 2.86 bits per heavy atom. The fraction of sp³-hybridized carbons (Fsp3) is 0.357. The topological polar surface area (TPSA) is 112 Å². The molecule has 2 amide bonds. The molecule has 3 rings (SSSR count). The summed E-state index contributed by atoms with van der Waals surface area (Å²) in [5.74, 6) is 0.126. The minimum Gasteiger partial charge on any atom is -0.383 e. The van der Waals surface area contributed by atoms with Crippen LogP contribution in [-0.4, -0.2) is 54.5 Å². The van der Waals surface area contributed by atoms with E-state index < -0.39 is 12.3 Å². The van der Waals surface area contributed by atoms with E-state index in [9.17, 15) is 9.59 Å². The summed E-state index contributed by atoms with van der Waals surface area (Å²) >= 11 is 0. The number of carbonyl (C=O) groups is 2. The highest BCUT2D eigenvalue weighted by atomic mass is 16.2. The van der Waals surface area contributed by atoms with Gasteiger partial charge in [-0.05, 0) is 12.1 Å². The van der Waals surface area contributed by atoms with Crippen molar-refractivity contribution in [3.05, 3.63) is 30.3 Å². The molecule has 0 aromatic heterocycles. The standard InChI is InChI=1S/C14H18N6O2/c15-14-18-12-11(13(22)19-14)20(8-21)10(7-17-12)6-16-9-4-2-1-3-5-9/h1-5,8,10-11,14,16H,6-7,15H2,(H,17,18)(H,19,22)/t10-,11?,14?/m0/s1. The molecule has 1 aromatic rings. The maximum absolute atomic E-state index is 12.1. The van der Waals surface area contributed by atoms with Gasteiger partial charge in [0.25, 0.3) is 5.91 Å². The van der Waals surface area contributed by atoms with E-state index in [4.69, 9.17) is 5.73 Å². The summed E-state index contributed by atoms with van der Waals surface area (Å²) in [5, 5.41) is 8.70. The second-order valence-electron chi connectivity index (χ2n) is 5.21. The molecule has 22 heavy (non-hydrogen) atoms. The molecule has 1 aromatic carbocycles. The molecule has 2 unspecified atom stereocenters. The van der Waals surface area contributed by atoms with Crippen LogP contribution in [0.5, 0.6) is 0 Å². The number of anilines is 1. The van der Waals surface area contributed by atoms with E-state index in [0.29, 0.717) is 25.3 Å². The lowest BCUT2D eigenvalue weighted by Gasteiger charge is -2.42. The van der Waals surface area contributed by atoms with Crippen LogP contribution in [-0.2, 0) is 9.59 Å². The van der Waals surface area contributed by atoms with Gasteiger partial charge in [0, 0.05) is 12.2 Å². The summed E-state index contributed by atoms with van der Waals surface area (Å²) in [6.45, 7) is 0.923. The maximum Gasteiger partial charge on any atom is 0.253 e. The first-order valence-corrected chi connectivity index (χ1v) is 7.07. The van der Waals surface area contributed by atoms with Crippen molar-refractivity contribution in [2.75, 3.05) is 18.4 Å². The Labute approximate surface area is 127 Å². The first kappa shape index (κ1) is 14.3. The molecule has 1 saturated heterocycles. The van der Waals surface area contributed by atoms with E-state index in [1.165, 1.54) is 4.90 Å². The molecular formula is C14H18N6O2. The Bertz CT molecular complexity index is 590. The number of fused-ring (bicyclic) bond motifs is 1. The third-order valence-corrected chi connectivity index (χ3v) is 3.74. The van der Waals surface area contributed by atoms with Gasteiger partial charge in [-0.3, -0.25) is 20.3 Å². The molecule has 5 N–H and O–H groups in total. The zero-order valence-corrected chi connectivity index (χ0v) is 11.9. The number of benzene rings is 1. The number of hydrogen-bond donors (Lipinski definition) is 4. The summed E-state index contributed by atoms with van der Waals surface area (Å²) in [4.78, 5) is 29.4. The molecule has 2 aliphatic rings. The molecular weight excluding hydrogens is 284 g/mol. The van der Waals surface area contributed by atoms with Crippen LogP contribution in [0.25, 0.3) is 0 Å². The quantitative estimate of drug-likeness (QED) is 0.515. The molecule has 0 aliphatic carbocycles. The van der Waals surface area contributed by atoms with Crippen LogP contribution in [0, 0.1) is 0 Å². The number of nitrogens with one attached hydrogen (secondary N) is 3. The Kier molecular flexibility index (Phi) is 3.92. The largest absolute Gasteiger partial charge is 0.383 e. The van der Waals surface area contributed by atoms with Gasteiger partial charge in [0.1, 0.15) is 5.84 Å². The van der Waals surface area contributed by atoms with Gasteiger partial charge < -0.3 is 20.9 Å². The fourth-order valence-electron chi connectivity index (χ4n) is 2.66. The molecule has 1 fully saturated rings. The number of para-hydroxylation sites is 1. The summed E-state index contributed by atoms with van der Waals surface area (Å²) in [5.41, 5.74) is 6.60. The number of nitrogens with zero attached hydrogens (tertiary/aromatic N) is 2. The minimum atomic E-state index is -0.742. The Balaban J connectivity index is 1.73. The van der Waals surface area contributed by atoms with E-state index in [1.807, 2.05) is 30.3 Å². The third kappa shape index (κ3) is 2.73. The predicted molar refractivity (Wildman–Crippen MR) is 82.0 cm³/mol. The van der Waals surface area contributed by atoms with Gasteiger partial charge in [0.2, 0.25) is 6.41 Å². The molecule has 8 nitrogen and oxygen atoms in total. The second kappa shape index (κ2) is 6.02. The molecule has 2 aliphatic heterocycles. The maximum atomic E-state index is 12.1. The number of hydrogen-bond acceptors (Lipinski definition) is 6. The average molecular weight is 302 g/mol. The zero-order chi connectivity index (χ0) is 15.5. The van der Waals surface area contributed by atoms with Crippen LogP contribution >= 0.6 is 0 Å². The van der Waals surface area contributed by atoms with Crippen molar-refractivity contribution in [1.29, 1.82) is 0 Å². The van der Waals surface area contributed by atoms with Crippen LogP contribution in [0.1, 0.15) is 0 Å². The average Bonchev–Trinajstić information content (AvgIpc) is 2.53. The van der Waals surface area contributed by atoms with Gasteiger partial charge in [-0.15, -0.1) is 0 Å². The number of amides is 2. The molecule has 0 saturated carbocycles. The number of amidine groups is 1. The molecule has 116 valence electrons. The van der Waals surface area contributed by atoms with Crippen LogP contribution < -0.4 is 21.7 Å². The van der Waals surface area contributed by atoms with Gasteiger partial charge in [0.05, 0.1) is 12.6 Å². The SMILES string of the molecule is NC1NC(=O)C2C(=NC[C@H](CNc3ccccc3)N2C=O)N1. The summed E-state index contributed by atoms with van der Waals surface area (Å²) in [7, 11) is 0. The summed E-state index contributed by atoms with van der Waals surface area (Å²) in [6, 6.07) is 8.73. The number of nitrogens with two attached hydrogens (primary N) is 1.